The van der Waals surface area contributed by atoms with Crippen LogP contribution in [0, 0.1) is 5.82 Å². The van der Waals surface area contributed by atoms with Gasteiger partial charge in [-0.15, -0.1) is 0 Å². The van der Waals surface area contributed by atoms with E-state index in [1.54, 1.807) is 19.3 Å². The van der Waals surface area contributed by atoms with Gasteiger partial charge in [0.1, 0.15) is 0 Å². The highest BCUT2D eigenvalue weighted by molar-refractivity contribution is 5.80. The lowest BCUT2D eigenvalue weighted by Crippen LogP contribution is -2.44. The highest BCUT2D eigenvalue weighted by atomic mass is 19.1. The maximum absolute atomic E-state index is 14.0. The van der Waals surface area contributed by atoms with E-state index in [4.69, 9.17) is 4.74 Å². The largest absolute Gasteiger partial charge is 0.376 e. The van der Waals surface area contributed by atoms with Crippen molar-refractivity contribution in [2.45, 2.75) is 38.6 Å². The first-order valence-electron chi connectivity index (χ1n) is 11.3. The summed E-state index contributed by atoms with van der Waals surface area (Å²) in [5.41, 5.74) is 2.53. The SMILES string of the molecule is CN=C(NCc1cccc(CN2CCOC(C)C2)c1)NC1CCN(c2ncccc2F)C1. The zero-order valence-corrected chi connectivity index (χ0v) is 18.9. The minimum Gasteiger partial charge on any atom is -0.376 e. The zero-order valence-electron chi connectivity index (χ0n) is 18.9. The molecule has 2 unspecified atom stereocenters. The van der Waals surface area contributed by atoms with Gasteiger partial charge in [0.05, 0.1) is 12.7 Å². The van der Waals surface area contributed by atoms with Crippen LogP contribution in [0.5, 0.6) is 0 Å². The molecule has 2 aromatic rings. The molecule has 0 spiro atoms. The van der Waals surface area contributed by atoms with Gasteiger partial charge in [-0.2, -0.15) is 0 Å². The molecule has 0 aliphatic carbocycles. The number of nitrogens with one attached hydrogen (secondary N) is 2. The van der Waals surface area contributed by atoms with E-state index in [0.29, 0.717) is 25.0 Å². The molecule has 0 amide bonds. The van der Waals surface area contributed by atoms with Crippen LogP contribution in [0.3, 0.4) is 0 Å². The Morgan fingerprint density at radius 3 is 2.91 bits per heavy atom. The van der Waals surface area contributed by atoms with Crippen LogP contribution in [0.25, 0.3) is 0 Å². The van der Waals surface area contributed by atoms with E-state index < -0.39 is 0 Å². The Kier molecular flexibility index (Phi) is 7.55. The van der Waals surface area contributed by atoms with Crippen LogP contribution in [0.15, 0.2) is 47.6 Å². The highest BCUT2D eigenvalue weighted by Gasteiger charge is 2.26. The Hall–Kier alpha value is -2.71. The van der Waals surface area contributed by atoms with Crippen LogP contribution in [0.1, 0.15) is 24.5 Å². The average Bonchev–Trinajstić information content (AvgIpc) is 3.25. The number of pyridine rings is 1. The number of nitrogens with zero attached hydrogens (tertiary/aromatic N) is 4. The Labute approximate surface area is 189 Å². The molecule has 1 aromatic carbocycles. The fourth-order valence-electron chi connectivity index (χ4n) is 4.38. The summed E-state index contributed by atoms with van der Waals surface area (Å²) in [5, 5.41) is 6.88. The van der Waals surface area contributed by atoms with Crippen molar-refractivity contribution < 1.29 is 9.13 Å². The second-order valence-electron chi connectivity index (χ2n) is 8.55. The molecule has 7 nitrogen and oxygen atoms in total. The number of morpholine rings is 1. The van der Waals surface area contributed by atoms with Gasteiger partial charge in [-0.25, -0.2) is 9.37 Å². The van der Waals surface area contributed by atoms with Crippen LogP contribution in [0.2, 0.25) is 0 Å². The van der Waals surface area contributed by atoms with Crippen LogP contribution in [0.4, 0.5) is 10.2 Å². The molecule has 1 aromatic heterocycles. The highest BCUT2D eigenvalue weighted by Crippen LogP contribution is 2.20. The number of aliphatic imine (C=N–C) groups is 1. The molecule has 2 saturated heterocycles. The topological polar surface area (TPSA) is 65.0 Å². The quantitative estimate of drug-likeness (QED) is 0.531. The summed E-state index contributed by atoms with van der Waals surface area (Å²) in [6.45, 7) is 7.98. The molecule has 32 heavy (non-hydrogen) atoms. The summed E-state index contributed by atoms with van der Waals surface area (Å²) < 4.78 is 19.7. The smallest absolute Gasteiger partial charge is 0.191 e. The van der Waals surface area contributed by atoms with Crippen molar-refractivity contribution in [2.75, 3.05) is 44.7 Å². The lowest BCUT2D eigenvalue weighted by molar-refractivity contribution is -0.0212. The van der Waals surface area contributed by atoms with E-state index in [1.807, 2.05) is 4.90 Å². The summed E-state index contributed by atoms with van der Waals surface area (Å²) in [6.07, 6.45) is 2.83. The molecule has 0 radical (unpaired) electrons. The van der Waals surface area contributed by atoms with E-state index in [9.17, 15) is 4.39 Å². The third-order valence-corrected chi connectivity index (χ3v) is 5.97. The Balaban J connectivity index is 1.27. The number of anilines is 1. The molecular weight excluding hydrogens is 407 g/mol. The second-order valence-corrected chi connectivity index (χ2v) is 8.55. The number of guanidine groups is 1. The van der Waals surface area contributed by atoms with Crippen LogP contribution < -0.4 is 15.5 Å². The number of aromatic nitrogens is 1. The molecule has 2 atom stereocenters. The van der Waals surface area contributed by atoms with Crippen LogP contribution in [-0.4, -0.2) is 67.8 Å². The second kappa shape index (κ2) is 10.7. The lowest BCUT2D eigenvalue weighted by Gasteiger charge is -2.31. The summed E-state index contributed by atoms with van der Waals surface area (Å²) in [7, 11) is 1.77. The fraction of sp³-hybridized carbons (Fsp3) is 0.500. The third-order valence-electron chi connectivity index (χ3n) is 5.97. The van der Waals surface area contributed by atoms with Gasteiger partial charge in [0.25, 0.3) is 0 Å². The summed E-state index contributed by atoms with van der Waals surface area (Å²) in [4.78, 5) is 13.0. The third kappa shape index (κ3) is 5.95. The van der Waals surface area contributed by atoms with Crippen molar-refractivity contribution >= 4 is 11.8 Å². The number of ether oxygens (including phenoxy) is 1. The number of halogens is 1. The molecule has 4 rings (SSSR count). The Bertz CT molecular complexity index is 923. The van der Waals surface area contributed by atoms with Gasteiger partial charge in [-0.05, 0) is 36.6 Å². The lowest BCUT2D eigenvalue weighted by atomic mass is 10.1. The summed E-state index contributed by atoms with van der Waals surface area (Å²) in [6, 6.07) is 11.9. The van der Waals surface area contributed by atoms with E-state index >= 15 is 0 Å². The molecule has 0 saturated carbocycles. The van der Waals surface area contributed by atoms with Crippen LogP contribution in [-0.2, 0) is 17.8 Å². The first kappa shape index (κ1) is 22.5. The van der Waals surface area contributed by atoms with Gasteiger partial charge >= 0.3 is 0 Å². The Morgan fingerprint density at radius 1 is 1.22 bits per heavy atom. The summed E-state index contributed by atoms with van der Waals surface area (Å²) in [5.74, 6) is 0.902. The minimum absolute atomic E-state index is 0.192. The average molecular weight is 441 g/mol. The standard InChI is InChI=1S/C24H33FN6O/c1-18-15-30(11-12-32-18)16-20-6-3-5-19(13-20)14-28-24(26-2)29-21-8-10-31(17-21)23-22(25)7-4-9-27-23/h3-7,9,13,18,21H,8,10-12,14-17H2,1-2H3,(H2,26,28,29). The van der Waals surface area contributed by atoms with Gasteiger partial charge in [0, 0.05) is 58.6 Å². The maximum atomic E-state index is 14.0. The van der Waals surface area contributed by atoms with Crippen molar-refractivity contribution in [1.82, 2.24) is 20.5 Å². The van der Waals surface area contributed by atoms with Gasteiger partial charge in [-0.1, -0.05) is 24.3 Å². The number of benzene rings is 1. The molecule has 8 heteroatoms. The molecule has 3 heterocycles. The normalized spacial score (nSPS) is 22.2. The van der Waals surface area contributed by atoms with E-state index in [-0.39, 0.29) is 11.9 Å². The molecular formula is C24H33FN6O. The van der Waals surface area contributed by atoms with Crippen molar-refractivity contribution in [2.24, 2.45) is 4.99 Å². The van der Waals surface area contributed by atoms with Crippen molar-refractivity contribution in [3.8, 4) is 0 Å². The van der Waals surface area contributed by atoms with Gasteiger partial charge in [0.2, 0.25) is 0 Å². The molecule has 0 bridgehead atoms. The monoisotopic (exact) mass is 440 g/mol. The number of rotatable bonds is 6. The predicted octanol–water partition coefficient (Wildman–Crippen LogP) is 2.39. The van der Waals surface area contributed by atoms with E-state index in [2.05, 4.69) is 56.7 Å². The number of hydrogen-bond acceptors (Lipinski definition) is 5. The van der Waals surface area contributed by atoms with Gasteiger partial charge in [0.15, 0.2) is 17.6 Å². The molecule has 2 N–H and O–H groups in total. The molecule has 2 fully saturated rings. The first-order valence-corrected chi connectivity index (χ1v) is 11.3. The van der Waals surface area contributed by atoms with Crippen molar-refractivity contribution in [3.05, 3.63) is 59.5 Å². The zero-order chi connectivity index (χ0) is 22.3. The van der Waals surface area contributed by atoms with Crippen LogP contribution >= 0.6 is 0 Å². The first-order chi connectivity index (χ1) is 15.6. The minimum atomic E-state index is -0.276. The van der Waals surface area contributed by atoms with Gasteiger partial charge < -0.3 is 20.3 Å². The van der Waals surface area contributed by atoms with E-state index in [1.165, 1.54) is 17.2 Å². The number of hydrogen-bond donors (Lipinski definition) is 2. The van der Waals surface area contributed by atoms with Crippen molar-refractivity contribution in [1.29, 1.82) is 0 Å². The molecule has 2 aliphatic heterocycles. The summed E-state index contributed by atoms with van der Waals surface area (Å²) >= 11 is 0. The predicted molar refractivity (Wildman–Crippen MR) is 125 cm³/mol. The molecule has 2 aliphatic rings. The Morgan fingerprint density at radius 2 is 2.09 bits per heavy atom. The fourth-order valence-corrected chi connectivity index (χ4v) is 4.38. The van der Waals surface area contributed by atoms with Gasteiger partial charge in [-0.3, -0.25) is 9.89 Å². The van der Waals surface area contributed by atoms with E-state index in [0.717, 1.165) is 45.2 Å². The maximum Gasteiger partial charge on any atom is 0.191 e. The van der Waals surface area contributed by atoms with Crippen molar-refractivity contribution in [3.63, 3.8) is 0 Å². The molecule has 172 valence electrons.